The van der Waals surface area contributed by atoms with E-state index in [4.69, 9.17) is 5.11 Å². The highest BCUT2D eigenvalue weighted by atomic mass is 16.4. The molecule has 0 aliphatic heterocycles. The SMILES string of the molecule is C=CC/C=C(\CC=C)C(=O)O. The fourth-order valence-electron chi connectivity index (χ4n) is 0.639. The van der Waals surface area contributed by atoms with Gasteiger partial charge in [0.05, 0.1) is 0 Å². The van der Waals surface area contributed by atoms with E-state index in [9.17, 15) is 4.79 Å². The van der Waals surface area contributed by atoms with Crippen molar-refractivity contribution >= 4 is 5.97 Å². The van der Waals surface area contributed by atoms with Crippen molar-refractivity contribution in [3.63, 3.8) is 0 Å². The van der Waals surface area contributed by atoms with Crippen LogP contribution in [0.1, 0.15) is 12.8 Å². The number of carboxylic acids is 1. The highest BCUT2D eigenvalue weighted by Gasteiger charge is 2.02. The van der Waals surface area contributed by atoms with Crippen LogP contribution in [0.5, 0.6) is 0 Å². The van der Waals surface area contributed by atoms with Gasteiger partial charge >= 0.3 is 5.97 Å². The monoisotopic (exact) mass is 152 g/mol. The summed E-state index contributed by atoms with van der Waals surface area (Å²) < 4.78 is 0. The summed E-state index contributed by atoms with van der Waals surface area (Å²) in [5, 5.41) is 8.58. The molecule has 0 bridgehead atoms. The van der Waals surface area contributed by atoms with Crippen LogP contribution in [0, 0.1) is 0 Å². The molecule has 0 heterocycles. The lowest BCUT2D eigenvalue weighted by atomic mass is 10.1. The second-order valence-corrected chi connectivity index (χ2v) is 2.05. The summed E-state index contributed by atoms with van der Waals surface area (Å²) >= 11 is 0. The Bertz CT molecular complexity index is 190. The van der Waals surface area contributed by atoms with Crippen LogP contribution in [0.4, 0.5) is 0 Å². The van der Waals surface area contributed by atoms with E-state index in [0.29, 0.717) is 18.4 Å². The van der Waals surface area contributed by atoms with E-state index in [0.717, 1.165) is 0 Å². The van der Waals surface area contributed by atoms with Gasteiger partial charge in [-0.25, -0.2) is 4.79 Å². The number of carboxylic acid groups (broad SMARTS) is 1. The lowest BCUT2D eigenvalue weighted by Gasteiger charge is -1.94. The third kappa shape index (κ3) is 4.14. The molecule has 0 aromatic rings. The molecule has 0 unspecified atom stereocenters. The molecule has 0 saturated heterocycles. The number of aliphatic carboxylic acids is 1. The van der Waals surface area contributed by atoms with E-state index in [1.54, 1.807) is 18.2 Å². The molecule has 0 atom stereocenters. The Hall–Kier alpha value is -1.31. The Kier molecular flexibility index (Phi) is 4.82. The first-order valence-electron chi connectivity index (χ1n) is 3.36. The van der Waals surface area contributed by atoms with E-state index in [2.05, 4.69) is 13.2 Å². The molecule has 0 aliphatic carbocycles. The molecule has 0 aliphatic rings. The molecule has 0 fully saturated rings. The van der Waals surface area contributed by atoms with Crippen molar-refractivity contribution in [3.8, 4) is 0 Å². The van der Waals surface area contributed by atoms with Crippen LogP contribution < -0.4 is 0 Å². The first kappa shape index (κ1) is 9.69. The number of rotatable bonds is 5. The summed E-state index contributed by atoms with van der Waals surface area (Å²) in [6.45, 7) is 6.95. The molecular formula is C9H12O2. The molecule has 0 radical (unpaired) electrons. The Morgan fingerprint density at radius 3 is 2.36 bits per heavy atom. The molecule has 0 amide bonds. The predicted molar refractivity (Wildman–Crippen MR) is 45.3 cm³/mol. The van der Waals surface area contributed by atoms with Gasteiger partial charge < -0.3 is 5.11 Å². The molecule has 1 N–H and O–H groups in total. The fraction of sp³-hybridized carbons (Fsp3) is 0.222. The van der Waals surface area contributed by atoms with Crippen LogP contribution in [-0.4, -0.2) is 11.1 Å². The zero-order valence-corrected chi connectivity index (χ0v) is 6.42. The van der Waals surface area contributed by atoms with Crippen molar-refractivity contribution in [2.75, 3.05) is 0 Å². The van der Waals surface area contributed by atoms with Crippen molar-refractivity contribution in [2.45, 2.75) is 12.8 Å². The quantitative estimate of drug-likeness (QED) is 0.484. The summed E-state index contributed by atoms with van der Waals surface area (Å²) in [6, 6.07) is 0. The number of hydrogen-bond donors (Lipinski definition) is 1. The van der Waals surface area contributed by atoms with E-state index in [1.165, 1.54) is 0 Å². The maximum Gasteiger partial charge on any atom is 0.331 e. The van der Waals surface area contributed by atoms with E-state index in [-0.39, 0.29) is 0 Å². The van der Waals surface area contributed by atoms with Crippen molar-refractivity contribution in [3.05, 3.63) is 37.0 Å². The van der Waals surface area contributed by atoms with Crippen LogP contribution in [0.15, 0.2) is 37.0 Å². The smallest absolute Gasteiger partial charge is 0.331 e. The summed E-state index contributed by atoms with van der Waals surface area (Å²) in [5.74, 6) is -0.883. The molecule has 0 spiro atoms. The summed E-state index contributed by atoms with van der Waals surface area (Å²) in [6.07, 6.45) is 5.87. The highest BCUT2D eigenvalue weighted by molar-refractivity contribution is 5.86. The summed E-state index contributed by atoms with van der Waals surface area (Å²) in [5.41, 5.74) is 0.375. The minimum absolute atomic E-state index is 0.375. The van der Waals surface area contributed by atoms with E-state index < -0.39 is 5.97 Å². The van der Waals surface area contributed by atoms with E-state index >= 15 is 0 Å². The Morgan fingerprint density at radius 2 is 2.00 bits per heavy atom. The fourth-order valence-corrected chi connectivity index (χ4v) is 0.639. The van der Waals surface area contributed by atoms with Gasteiger partial charge in [-0.15, -0.1) is 13.2 Å². The van der Waals surface area contributed by atoms with Crippen molar-refractivity contribution in [1.29, 1.82) is 0 Å². The van der Waals surface area contributed by atoms with Gasteiger partial charge in [0.2, 0.25) is 0 Å². The molecule has 0 aromatic carbocycles. The minimum atomic E-state index is -0.883. The molecule has 60 valence electrons. The number of allylic oxidation sites excluding steroid dienone is 3. The minimum Gasteiger partial charge on any atom is -0.478 e. The van der Waals surface area contributed by atoms with E-state index in [1.807, 2.05) is 0 Å². The van der Waals surface area contributed by atoms with Crippen LogP contribution >= 0.6 is 0 Å². The molecular weight excluding hydrogens is 140 g/mol. The lowest BCUT2D eigenvalue weighted by molar-refractivity contribution is -0.132. The van der Waals surface area contributed by atoms with Gasteiger partial charge in [-0.2, -0.15) is 0 Å². The third-order valence-corrected chi connectivity index (χ3v) is 1.17. The zero-order chi connectivity index (χ0) is 8.69. The second-order valence-electron chi connectivity index (χ2n) is 2.05. The van der Waals surface area contributed by atoms with Gasteiger partial charge in [0.1, 0.15) is 0 Å². The van der Waals surface area contributed by atoms with Gasteiger partial charge in [0.15, 0.2) is 0 Å². The topological polar surface area (TPSA) is 37.3 Å². The Morgan fingerprint density at radius 1 is 1.36 bits per heavy atom. The predicted octanol–water partition coefficient (Wildman–Crippen LogP) is 2.15. The third-order valence-electron chi connectivity index (χ3n) is 1.17. The van der Waals surface area contributed by atoms with Gasteiger partial charge in [0.25, 0.3) is 0 Å². The molecule has 0 aromatic heterocycles. The standard InChI is InChI=1S/C9H12O2/c1-3-5-7-8(6-4-2)9(10)11/h3-4,7H,1-2,5-6H2,(H,10,11)/b8-7+. The zero-order valence-electron chi connectivity index (χ0n) is 6.42. The van der Waals surface area contributed by atoms with Crippen LogP contribution in [0.3, 0.4) is 0 Å². The Labute approximate surface area is 66.5 Å². The van der Waals surface area contributed by atoms with Gasteiger partial charge in [-0.05, 0) is 12.8 Å². The molecule has 11 heavy (non-hydrogen) atoms. The normalized spacial score (nSPS) is 10.7. The van der Waals surface area contributed by atoms with Crippen molar-refractivity contribution in [1.82, 2.24) is 0 Å². The number of hydrogen-bond acceptors (Lipinski definition) is 1. The van der Waals surface area contributed by atoms with Gasteiger partial charge in [-0.1, -0.05) is 18.2 Å². The first-order valence-corrected chi connectivity index (χ1v) is 3.36. The lowest BCUT2D eigenvalue weighted by Crippen LogP contribution is -1.98. The number of carbonyl (C=O) groups is 1. The molecule has 2 heteroatoms. The summed E-state index contributed by atoms with van der Waals surface area (Å²) in [4.78, 5) is 10.4. The Balaban J connectivity index is 4.18. The summed E-state index contributed by atoms with van der Waals surface area (Å²) in [7, 11) is 0. The second kappa shape index (κ2) is 5.47. The average Bonchev–Trinajstić information content (AvgIpc) is 1.97. The maximum absolute atomic E-state index is 10.4. The van der Waals surface area contributed by atoms with Crippen molar-refractivity contribution < 1.29 is 9.90 Å². The van der Waals surface area contributed by atoms with Crippen LogP contribution in [0.25, 0.3) is 0 Å². The average molecular weight is 152 g/mol. The van der Waals surface area contributed by atoms with Crippen molar-refractivity contribution in [2.24, 2.45) is 0 Å². The van der Waals surface area contributed by atoms with Crippen LogP contribution in [0.2, 0.25) is 0 Å². The van der Waals surface area contributed by atoms with Crippen LogP contribution in [-0.2, 0) is 4.79 Å². The van der Waals surface area contributed by atoms with Gasteiger partial charge in [-0.3, -0.25) is 0 Å². The highest BCUT2D eigenvalue weighted by Crippen LogP contribution is 2.03. The maximum atomic E-state index is 10.4. The molecule has 2 nitrogen and oxygen atoms in total. The first-order chi connectivity index (χ1) is 5.22. The largest absolute Gasteiger partial charge is 0.478 e. The molecule has 0 rings (SSSR count). The molecule has 0 saturated carbocycles. The van der Waals surface area contributed by atoms with Gasteiger partial charge in [0, 0.05) is 5.57 Å².